The maximum atomic E-state index is 11.3. The molecule has 0 aliphatic heterocycles. The van der Waals surface area contributed by atoms with E-state index in [9.17, 15) is 5.21 Å². The highest BCUT2D eigenvalue weighted by Gasteiger charge is 2.08. The highest BCUT2D eigenvalue weighted by Crippen LogP contribution is 2.22. The highest BCUT2D eigenvalue weighted by molar-refractivity contribution is 8.02. The van der Waals surface area contributed by atoms with Crippen LogP contribution in [-0.2, 0) is 0 Å². The Bertz CT molecular complexity index is 768. The van der Waals surface area contributed by atoms with Crippen LogP contribution in [0.25, 0.3) is 17.1 Å². The molecule has 0 amide bonds. The van der Waals surface area contributed by atoms with Gasteiger partial charge in [-0.05, 0) is 52.3 Å². The summed E-state index contributed by atoms with van der Waals surface area (Å²) in [6.45, 7) is 0. The van der Waals surface area contributed by atoms with Crippen molar-refractivity contribution in [3.8, 4) is 0 Å². The van der Waals surface area contributed by atoms with Crippen molar-refractivity contribution in [2.75, 3.05) is 0 Å². The predicted molar refractivity (Wildman–Crippen MR) is 79.3 cm³/mol. The molecule has 6 heteroatoms. The summed E-state index contributed by atoms with van der Waals surface area (Å²) >= 11 is 7.40. The summed E-state index contributed by atoms with van der Waals surface area (Å²) in [5.41, 5.74) is 1.87. The highest BCUT2D eigenvalue weighted by atomic mass is 35.5. The van der Waals surface area contributed by atoms with Gasteiger partial charge in [0, 0.05) is 21.1 Å². The number of hydrogen-bond donors (Lipinski definition) is 0. The van der Waals surface area contributed by atoms with Crippen LogP contribution in [0.1, 0.15) is 5.56 Å². The molecule has 0 spiro atoms. The van der Waals surface area contributed by atoms with Crippen LogP contribution in [0.2, 0.25) is 5.02 Å². The third-order valence-electron chi connectivity index (χ3n) is 2.69. The molecule has 0 radical (unpaired) electrons. The normalized spacial score (nSPS) is 11.4. The van der Waals surface area contributed by atoms with E-state index in [1.807, 2.05) is 41.8 Å². The Morgan fingerprint density at radius 1 is 1.20 bits per heavy atom. The molecule has 3 rings (SSSR count). The number of aromatic nitrogens is 2. The van der Waals surface area contributed by atoms with E-state index in [1.165, 1.54) is 0 Å². The van der Waals surface area contributed by atoms with Crippen molar-refractivity contribution >= 4 is 40.5 Å². The van der Waals surface area contributed by atoms with Crippen LogP contribution >= 0.6 is 23.4 Å². The van der Waals surface area contributed by atoms with Gasteiger partial charge in [0.05, 0.1) is 0 Å². The fraction of sp³-hybridized carbons (Fsp3) is 0. The monoisotopic (exact) mass is 304 g/mol. The summed E-state index contributed by atoms with van der Waals surface area (Å²) in [6, 6.07) is 13.0. The molecule has 100 valence electrons. The first-order valence-electron chi connectivity index (χ1n) is 5.81. The molecule has 0 aliphatic rings. The van der Waals surface area contributed by atoms with E-state index in [0.717, 1.165) is 15.5 Å². The first-order chi connectivity index (χ1) is 9.72. The standard InChI is InChI=1S/C14H9ClN2O2S/c15-11-2-4-12(5-3-11)20-8-7-10-1-6-13-14(9-10)17(18)19-16-13/h1-9H/b8-7-. The minimum Gasteiger partial charge on any atom is -0.359 e. The first-order valence-corrected chi connectivity index (χ1v) is 7.06. The fourth-order valence-corrected chi connectivity index (χ4v) is 2.50. The van der Waals surface area contributed by atoms with Crippen LogP contribution in [0.15, 0.2) is 57.4 Å². The van der Waals surface area contributed by atoms with Crippen molar-refractivity contribution < 1.29 is 9.53 Å². The molecule has 0 bridgehead atoms. The zero-order valence-electron chi connectivity index (χ0n) is 10.2. The van der Waals surface area contributed by atoms with E-state index >= 15 is 0 Å². The number of hydrogen-bond acceptors (Lipinski definition) is 4. The molecule has 4 nitrogen and oxygen atoms in total. The minimum atomic E-state index is 0.402. The Balaban J connectivity index is 1.76. The van der Waals surface area contributed by atoms with E-state index < -0.39 is 0 Å². The second kappa shape index (κ2) is 5.56. The Labute approximate surface area is 124 Å². The Kier molecular flexibility index (Phi) is 3.62. The van der Waals surface area contributed by atoms with Crippen molar-refractivity contribution in [3.05, 3.63) is 63.7 Å². The molecule has 0 saturated carbocycles. The van der Waals surface area contributed by atoms with Crippen LogP contribution in [-0.4, -0.2) is 5.16 Å². The zero-order chi connectivity index (χ0) is 13.9. The molecule has 0 fully saturated rings. The van der Waals surface area contributed by atoms with Gasteiger partial charge in [-0.3, -0.25) is 4.63 Å². The van der Waals surface area contributed by atoms with Crippen LogP contribution < -0.4 is 4.90 Å². The molecule has 0 atom stereocenters. The van der Waals surface area contributed by atoms with Gasteiger partial charge in [-0.15, -0.1) is 0 Å². The summed E-state index contributed by atoms with van der Waals surface area (Å²) in [7, 11) is 0. The summed E-state index contributed by atoms with van der Waals surface area (Å²) < 4.78 is 4.52. The molecule has 1 aromatic heterocycles. The van der Waals surface area contributed by atoms with Crippen molar-refractivity contribution in [1.82, 2.24) is 5.16 Å². The van der Waals surface area contributed by atoms with E-state index in [0.29, 0.717) is 15.9 Å². The summed E-state index contributed by atoms with van der Waals surface area (Å²) in [5, 5.41) is 17.6. The lowest BCUT2D eigenvalue weighted by atomic mass is 10.2. The lowest BCUT2D eigenvalue weighted by Crippen LogP contribution is -2.22. The van der Waals surface area contributed by atoms with Crippen LogP contribution in [0.4, 0.5) is 0 Å². The lowest BCUT2D eigenvalue weighted by molar-refractivity contribution is -0.782. The SMILES string of the molecule is [O-][n+]1onc2ccc(/C=C\Sc3ccc(Cl)cc3)cc21. The average Bonchev–Trinajstić information content (AvgIpc) is 2.83. The van der Waals surface area contributed by atoms with Gasteiger partial charge in [-0.25, -0.2) is 0 Å². The first kappa shape index (κ1) is 13.0. The number of rotatable bonds is 3. The number of benzene rings is 2. The third-order valence-corrected chi connectivity index (χ3v) is 3.76. The smallest absolute Gasteiger partial charge is 0.248 e. The maximum Gasteiger partial charge on any atom is 0.248 e. The Hall–Kier alpha value is -1.98. The molecule has 0 unspecified atom stereocenters. The van der Waals surface area contributed by atoms with Gasteiger partial charge in [0.15, 0.2) is 0 Å². The predicted octanol–water partition coefficient (Wildman–Crippen LogP) is 3.88. The van der Waals surface area contributed by atoms with Crippen LogP contribution in [0, 0.1) is 5.21 Å². The fourth-order valence-electron chi connectivity index (χ4n) is 1.70. The molecule has 20 heavy (non-hydrogen) atoms. The number of fused-ring (bicyclic) bond motifs is 1. The molecule has 2 aromatic carbocycles. The number of thioether (sulfide) groups is 1. The molecule has 0 saturated heterocycles. The summed E-state index contributed by atoms with van der Waals surface area (Å²) in [5.74, 6) is 0. The van der Waals surface area contributed by atoms with Gasteiger partial charge < -0.3 is 5.21 Å². The molecule has 0 N–H and O–H groups in total. The topological polar surface area (TPSA) is 53.0 Å². The van der Waals surface area contributed by atoms with E-state index in [4.69, 9.17) is 11.6 Å². The van der Waals surface area contributed by atoms with E-state index in [1.54, 1.807) is 23.9 Å². The molecule has 0 aliphatic carbocycles. The largest absolute Gasteiger partial charge is 0.359 e. The van der Waals surface area contributed by atoms with Crippen molar-refractivity contribution in [2.24, 2.45) is 0 Å². The van der Waals surface area contributed by atoms with Crippen molar-refractivity contribution in [3.63, 3.8) is 0 Å². The molecular weight excluding hydrogens is 296 g/mol. The zero-order valence-corrected chi connectivity index (χ0v) is 11.8. The molecule has 1 heterocycles. The van der Waals surface area contributed by atoms with Crippen molar-refractivity contribution in [1.29, 1.82) is 0 Å². The van der Waals surface area contributed by atoms with Gasteiger partial charge in [0.1, 0.15) is 0 Å². The van der Waals surface area contributed by atoms with Crippen molar-refractivity contribution in [2.45, 2.75) is 4.90 Å². The minimum absolute atomic E-state index is 0.402. The second-order valence-electron chi connectivity index (χ2n) is 4.05. The third kappa shape index (κ3) is 2.79. The van der Waals surface area contributed by atoms with Gasteiger partial charge in [0.25, 0.3) is 0 Å². The quantitative estimate of drug-likeness (QED) is 0.544. The van der Waals surface area contributed by atoms with E-state index in [-0.39, 0.29) is 0 Å². The lowest BCUT2D eigenvalue weighted by Gasteiger charge is -1.96. The summed E-state index contributed by atoms with van der Waals surface area (Å²) in [6.07, 6.45) is 1.92. The van der Waals surface area contributed by atoms with Crippen LogP contribution in [0.3, 0.4) is 0 Å². The van der Waals surface area contributed by atoms with Crippen LogP contribution in [0.5, 0.6) is 0 Å². The van der Waals surface area contributed by atoms with Gasteiger partial charge in [-0.1, -0.05) is 29.4 Å². The Morgan fingerprint density at radius 3 is 2.80 bits per heavy atom. The van der Waals surface area contributed by atoms with Gasteiger partial charge >= 0.3 is 0 Å². The number of halogens is 1. The van der Waals surface area contributed by atoms with E-state index in [2.05, 4.69) is 9.79 Å². The second-order valence-corrected chi connectivity index (χ2v) is 5.47. The maximum absolute atomic E-state index is 11.3. The molecular formula is C14H9ClN2O2S. The average molecular weight is 305 g/mol. The Morgan fingerprint density at radius 2 is 2.00 bits per heavy atom. The van der Waals surface area contributed by atoms with Gasteiger partial charge in [0.2, 0.25) is 11.0 Å². The van der Waals surface area contributed by atoms with Gasteiger partial charge in [-0.2, -0.15) is 0 Å². The summed E-state index contributed by atoms with van der Waals surface area (Å²) in [4.78, 5) is 1.49. The number of nitrogens with zero attached hydrogens (tertiary/aromatic N) is 2. The molecule has 3 aromatic rings.